The summed E-state index contributed by atoms with van der Waals surface area (Å²) in [5.41, 5.74) is 6.09. The van der Waals surface area contributed by atoms with Crippen LogP contribution in [0.2, 0.25) is 0 Å². The number of halogens is 3. The summed E-state index contributed by atoms with van der Waals surface area (Å²) in [4.78, 5) is 15.2. The summed E-state index contributed by atoms with van der Waals surface area (Å²) in [5, 5.41) is 8.29. The Balaban J connectivity index is 1.46. The molecule has 1 fully saturated rings. The Hall–Kier alpha value is -3.52. The van der Waals surface area contributed by atoms with Crippen molar-refractivity contribution >= 4 is 16.8 Å². The lowest BCUT2D eigenvalue weighted by Gasteiger charge is -2.33. The number of carbonyl (C=O) groups is 1. The zero-order valence-corrected chi connectivity index (χ0v) is 24.1. The number of nitrogens with zero attached hydrogens (tertiary/aromatic N) is 4. The molecule has 1 aromatic heterocycles. The number of aryl methyl sites for hydroxylation is 1. The third-order valence-electron chi connectivity index (χ3n) is 8.18. The van der Waals surface area contributed by atoms with Crippen molar-refractivity contribution in [2.24, 2.45) is 13.0 Å². The van der Waals surface area contributed by atoms with Crippen LogP contribution in [0.4, 0.5) is 13.2 Å². The zero-order valence-electron chi connectivity index (χ0n) is 24.1. The molecule has 2 heterocycles. The lowest BCUT2D eigenvalue weighted by Crippen LogP contribution is -2.34. The molecule has 1 saturated heterocycles. The molecular weight excluding hydrogens is 525 g/mol. The van der Waals surface area contributed by atoms with Crippen molar-refractivity contribution in [1.82, 2.24) is 19.9 Å². The summed E-state index contributed by atoms with van der Waals surface area (Å²) in [5.74, 6) is 0.450. The minimum Gasteiger partial charge on any atom is -0.299 e. The predicted octanol–water partition coefficient (Wildman–Crippen LogP) is 7.75. The number of likely N-dealkylation sites (tertiary alicyclic amines) is 1. The lowest BCUT2D eigenvalue weighted by molar-refractivity contribution is -0.137. The van der Waals surface area contributed by atoms with Crippen LogP contribution in [0.3, 0.4) is 0 Å². The van der Waals surface area contributed by atoms with E-state index in [2.05, 4.69) is 53.3 Å². The van der Waals surface area contributed by atoms with Crippen LogP contribution in [0.5, 0.6) is 0 Å². The van der Waals surface area contributed by atoms with Crippen molar-refractivity contribution in [3.8, 4) is 11.1 Å². The van der Waals surface area contributed by atoms with Crippen molar-refractivity contribution in [2.75, 3.05) is 13.1 Å². The average molecular weight is 563 g/mol. The van der Waals surface area contributed by atoms with Gasteiger partial charge in [0.25, 0.3) is 0 Å². The van der Waals surface area contributed by atoms with Gasteiger partial charge in [-0.2, -0.15) is 13.2 Å². The predicted molar refractivity (Wildman–Crippen MR) is 156 cm³/mol. The molecule has 2 unspecified atom stereocenters. The van der Waals surface area contributed by atoms with Gasteiger partial charge in [-0.15, -0.1) is 5.10 Å². The summed E-state index contributed by atoms with van der Waals surface area (Å²) in [6.45, 7) is 8.52. The largest absolute Gasteiger partial charge is 0.416 e. The molecule has 1 aliphatic rings. The van der Waals surface area contributed by atoms with Crippen LogP contribution in [0.1, 0.15) is 74.1 Å². The number of aromatic nitrogens is 3. The van der Waals surface area contributed by atoms with Crippen LogP contribution >= 0.6 is 0 Å². The van der Waals surface area contributed by atoms with E-state index in [0.717, 1.165) is 84.3 Å². The molecule has 5 nitrogen and oxygen atoms in total. The number of rotatable bonds is 8. The van der Waals surface area contributed by atoms with Crippen molar-refractivity contribution in [1.29, 1.82) is 0 Å². The van der Waals surface area contributed by atoms with Crippen molar-refractivity contribution in [3.05, 3.63) is 82.9 Å². The lowest BCUT2D eigenvalue weighted by atomic mass is 9.82. The molecule has 0 bridgehead atoms. The molecule has 0 N–H and O–H groups in total. The minimum atomic E-state index is -4.38. The first-order valence-corrected chi connectivity index (χ1v) is 14.3. The van der Waals surface area contributed by atoms with E-state index < -0.39 is 11.7 Å². The number of alkyl halides is 3. The van der Waals surface area contributed by atoms with Crippen LogP contribution in [-0.2, 0) is 24.6 Å². The second-order valence-electron chi connectivity index (χ2n) is 11.9. The van der Waals surface area contributed by atoms with Gasteiger partial charge in [-0.25, -0.2) is 4.68 Å². The van der Waals surface area contributed by atoms with Crippen LogP contribution < -0.4 is 0 Å². The monoisotopic (exact) mass is 562 g/mol. The zero-order chi connectivity index (χ0) is 29.3. The molecule has 5 rings (SSSR count). The summed E-state index contributed by atoms with van der Waals surface area (Å²) < 4.78 is 41.5. The van der Waals surface area contributed by atoms with Crippen LogP contribution in [-0.4, -0.2) is 38.8 Å². The molecule has 3 aromatic carbocycles. The highest BCUT2D eigenvalue weighted by Gasteiger charge is 2.30. The Morgan fingerprint density at radius 3 is 2.46 bits per heavy atom. The summed E-state index contributed by atoms with van der Waals surface area (Å²) in [6, 6.07) is 17.9. The fourth-order valence-electron chi connectivity index (χ4n) is 6.04. The third-order valence-corrected chi connectivity index (χ3v) is 8.18. The second-order valence-corrected chi connectivity index (χ2v) is 11.9. The number of benzene rings is 3. The van der Waals surface area contributed by atoms with Gasteiger partial charge in [0.2, 0.25) is 0 Å². The second kappa shape index (κ2) is 11.8. The van der Waals surface area contributed by atoms with Crippen LogP contribution in [0, 0.1) is 5.92 Å². The number of carbonyl (C=O) groups excluding carboxylic acids is 1. The Kier molecular flexibility index (Phi) is 8.32. The number of hydrogen-bond donors (Lipinski definition) is 0. The maximum Gasteiger partial charge on any atom is 0.416 e. The summed E-state index contributed by atoms with van der Waals surface area (Å²) >= 11 is 0. The van der Waals surface area contributed by atoms with Gasteiger partial charge in [0.05, 0.1) is 11.1 Å². The third kappa shape index (κ3) is 6.70. The van der Waals surface area contributed by atoms with E-state index in [4.69, 9.17) is 0 Å². The van der Waals surface area contributed by atoms with Gasteiger partial charge in [-0.1, -0.05) is 55.5 Å². The standard InChI is InChI=1S/C33H37F3N4O/c1-21(2)14-30(22(3)41)28-17-26(24-8-10-29(11-9-24)33(34,35)36)16-27(18-28)25-6-5-13-40(20-25)19-23-7-12-31-32(15-23)39(4)38-37-31/h7-12,15-18,21,25,30H,5-6,13-14,19-20H2,1-4H3. The van der Waals surface area contributed by atoms with Crippen LogP contribution in [0.15, 0.2) is 60.7 Å². The van der Waals surface area contributed by atoms with E-state index >= 15 is 0 Å². The van der Waals surface area contributed by atoms with Gasteiger partial charge >= 0.3 is 6.18 Å². The van der Waals surface area contributed by atoms with E-state index in [9.17, 15) is 18.0 Å². The quantitative estimate of drug-likeness (QED) is 0.220. The Bertz CT molecular complexity index is 1520. The summed E-state index contributed by atoms with van der Waals surface area (Å²) in [6.07, 6.45) is -1.59. The molecule has 8 heteroatoms. The Labute approximate surface area is 239 Å². The molecule has 2 atom stereocenters. The Morgan fingerprint density at radius 1 is 1.02 bits per heavy atom. The molecule has 0 saturated carbocycles. The van der Waals surface area contributed by atoms with Crippen molar-refractivity contribution in [2.45, 2.75) is 64.6 Å². The van der Waals surface area contributed by atoms with Gasteiger partial charge in [-0.3, -0.25) is 9.69 Å². The molecule has 216 valence electrons. The minimum absolute atomic E-state index is 0.111. The molecule has 41 heavy (non-hydrogen) atoms. The topological polar surface area (TPSA) is 51.0 Å². The smallest absolute Gasteiger partial charge is 0.299 e. The van der Waals surface area contributed by atoms with Crippen molar-refractivity contribution < 1.29 is 18.0 Å². The molecule has 0 amide bonds. The van der Waals surface area contributed by atoms with E-state index in [-0.39, 0.29) is 17.6 Å². The van der Waals surface area contributed by atoms with E-state index in [1.54, 1.807) is 11.6 Å². The van der Waals surface area contributed by atoms with Gasteiger partial charge in [0, 0.05) is 26.1 Å². The molecule has 0 aliphatic carbocycles. The highest BCUT2D eigenvalue weighted by atomic mass is 19.4. The fourth-order valence-corrected chi connectivity index (χ4v) is 6.04. The first kappa shape index (κ1) is 29.0. The van der Waals surface area contributed by atoms with Gasteiger partial charge in [-0.05, 0) is 96.6 Å². The number of hydrogen-bond acceptors (Lipinski definition) is 4. The highest BCUT2D eigenvalue weighted by molar-refractivity contribution is 5.84. The van der Waals surface area contributed by atoms with E-state index in [0.29, 0.717) is 5.92 Å². The average Bonchev–Trinajstić information content (AvgIpc) is 3.31. The molecule has 0 spiro atoms. The molecule has 1 aliphatic heterocycles. The van der Waals surface area contributed by atoms with E-state index in [1.807, 2.05) is 19.2 Å². The SMILES string of the molecule is CC(=O)C(CC(C)C)c1cc(-c2ccc(C(F)(F)F)cc2)cc(C2CCCN(Cc3ccc4nnn(C)c4c3)C2)c1. The first-order chi connectivity index (χ1) is 19.5. The molecular formula is C33H37F3N4O. The normalized spacial score (nSPS) is 17.3. The number of ketones is 1. The number of Topliss-reactive ketones (excluding diaryl/α,β-unsaturated/α-hetero) is 1. The maximum atomic E-state index is 13.2. The maximum absolute atomic E-state index is 13.2. The summed E-state index contributed by atoms with van der Waals surface area (Å²) in [7, 11) is 1.89. The highest BCUT2D eigenvalue weighted by Crippen LogP contribution is 2.37. The molecule has 4 aromatic rings. The van der Waals surface area contributed by atoms with Crippen LogP contribution in [0.25, 0.3) is 22.2 Å². The van der Waals surface area contributed by atoms with E-state index in [1.165, 1.54) is 17.7 Å². The number of fused-ring (bicyclic) bond motifs is 1. The molecule has 0 radical (unpaired) electrons. The van der Waals surface area contributed by atoms with Gasteiger partial charge in [0.15, 0.2) is 0 Å². The van der Waals surface area contributed by atoms with Gasteiger partial charge < -0.3 is 0 Å². The first-order valence-electron chi connectivity index (χ1n) is 14.3. The van der Waals surface area contributed by atoms with Gasteiger partial charge in [0.1, 0.15) is 11.3 Å². The van der Waals surface area contributed by atoms with Crippen molar-refractivity contribution in [3.63, 3.8) is 0 Å². The fraction of sp³-hybridized carbons (Fsp3) is 0.424. The number of piperidine rings is 1. The Morgan fingerprint density at radius 2 is 1.78 bits per heavy atom.